The molecule has 2 aromatic rings. The summed E-state index contributed by atoms with van der Waals surface area (Å²) in [4.78, 5) is 36.3. The van der Waals surface area contributed by atoms with E-state index >= 15 is 0 Å². The van der Waals surface area contributed by atoms with Gasteiger partial charge < -0.3 is 19.1 Å². The average Bonchev–Trinajstić information content (AvgIpc) is 3.08. The normalized spacial score (nSPS) is 25.2. The molecule has 2 heterocycles. The molecule has 0 aliphatic carbocycles. The first-order valence-electron chi connectivity index (χ1n) is 11.3. The molecule has 15 heteroatoms. The number of aliphatic hydroxyl groups is 1. The lowest BCUT2D eigenvalue weighted by Gasteiger charge is -2.26. The van der Waals surface area contributed by atoms with E-state index in [1.807, 2.05) is 0 Å². The highest BCUT2D eigenvalue weighted by atomic mass is 35.5. The maximum atomic E-state index is 13.7. The van der Waals surface area contributed by atoms with E-state index in [9.17, 15) is 24.1 Å². The molecule has 0 bridgehead atoms. The van der Waals surface area contributed by atoms with Crippen molar-refractivity contribution in [3.8, 4) is 17.0 Å². The van der Waals surface area contributed by atoms with Crippen molar-refractivity contribution >= 4 is 36.9 Å². The third kappa shape index (κ3) is 7.07. The van der Waals surface area contributed by atoms with Gasteiger partial charge in [0.1, 0.15) is 24.0 Å². The summed E-state index contributed by atoms with van der Waals surface area (Å²) in [5, 5.41) is 15.5. The van der Waals surface area contributed by atoms with Crippen LogP contribution in [0.2, 0.25) is 0 Å². The highest BCUT2D eigenvalue weighted by Gasteiger charge is 2.56. The van der Waals surface area contributed by atoms with Crippen molar-refractivity contribution in [3.05, 3.63) is 63.4 Å². The van der Waals surface area contributed by atoms with Gasteiger partial charge in [0.2, 0.25) is 0 Å². The van der Waals surface area contributed by atoms with Gasteiger partial charge >= 0.3 is 19.4 Å². The maximum Gasteiger partial charge on any atom is 0.459 e. The number of esters is 1. The van der Waals surface area contributed by atoms with E-state index in [0.717, 1.165) is 16.8 Å². The van der Waals surface area contributed by atoms with Crippen LogP contribution in [0.15, 0.2) is 52.2 Å². The van der Waals surface area contributed by atoms with E-state index in [0.29, 0.717) is 0 Å². The number of halogens is 2. The fourth-order valence-electron chi connectivity index (χ4n) is 3.48. The van der Waals surface area contributed by atoms with Gasteiger partial charge in [-0.25, -0.2) is 9.36 Å². The lowest BCUT2D eigenvalue weighted by molar-refractivity contribution is -0.149. The second-order valence-electron chi connectivity index (χ2n) is 8.51. The van der Waals surface area contributed by atoms with Crippen molar-refractivity contribution < 1.29 is 33.0 Å². The molecule has 0 saturated carbocycles. The van der Waals surface area contributed by atoms with Crippen LogP contribution in [0.5, 0.6) is 5.75 Å². The topological polar surface area (TPSA) is 158 Å². The molecule has 3 rings (SSSR count). The first-order chi connectivity index (χ1) is 17.9. The van der Waals surface area contributed by atoms with Crippen molar-refractivity contribution in [2.24, 2.45) is 0 Å². The molecule has 0 amide bonds. The molecule has 12 nitrogen and oxygen atoms in total. The molecule has 1 aromatic carbocycles. The lowest BCUT2D eigenvalue weighted by Crippen LogP contribution is -2.44. The van der Waals surface area contributed by atoms with E-state index in [1.165, 1.54) is 19.1 Å². The molecule has 6 atom stereocenters. The van der Waals surface area contributed by atoms with E-state index in [2.05, 4.69) is 21.4 Å². The van der Waals surface area contributed by atoms with Gasteiger partial charge in [-0.15, -0.1) is 0 Å². The van der Waals surface area contributed by atoms with E-state index in [4.69, 9.17) is 41.7 Å². The molecule has 3 N–H and O–H groups in total. The van der Waals surface area contributed by atoms with Crippen molar-refractivity contribution in [2.45, 2.75) is 56.2 Å². The molecular formula is C23H26Cl2N3O9P. The number of carbonyl (C=O) groups is 1. The number of hydrogen-bond donors (Lipinski definition) is 3. The van der Waals surface area contributed by atoms with Gasteiger partial charge in [-0.2, -0.15) is 5.09 Å². The Kier molecular flexibility index (Phi) is 9.84. The zero-order chi connectivity index (χ0) is 28.1. The number of nitrogens with one attached hydrogen (secondary N) is 2. The van der Waals surface area contributed by atoms with Gasteiger partial charge in [0, 0.05) is 17.6 Å². The molecule has 1 aliphatic rings. The standard InChI is InChI=1S/C23H26Cl2N3O9P/c1-14(2)35-20(31)15(3)27-38(33,37-16-7-5-4-6-8-16)34-13-17-19(30)23(25,10-11-24)21(36-17)28-12-9-18(29)26-22(28)32/h4-9,12,14-15,17,19,21,30H,13H2,1-3H3,(H,27,33)(H,26,29,32)/t15-,17+,19?,21+,23+,38-/m0/s1. The van der Waals surface area contributed by atoms with Crippen LogP contribution in [0.4, 0.5) is 0 Å². The van der Waals surface area contributed by atoms with Gasteiger partial charge in [-0.3, -0.25) is 23.7 Å². The second-order valence-corrected chi connectivity index (χ2v) is 11.0. The number of nitrogens with zero attached hydrogens (tertiary/aromatic N) is 1. The number of ether oxygens (including phenoxy) is 2. The molecule has 0 radical (unpaired) electrons. The quantitative estimate of drug-likeness (QED) is 0.162. The highest BCUT2D eigenvalue weighted by molar-refractivity contribution is 7.52. The molecule has 38 heavy (non-hydrogen) atoms. The molecular weight excluding hydrogens is 564 g/mol. The summed E-state index contributed by atoms with van der Waals surface area (Å²) in [6, 6.07) is 7.98. The summed E-state index contributed by atoms with van der Waals surface area (Å²) >= 11 is 12.1. The molecule has 1 aromatic heterocycles. The van der Waals surface area contributed by atoms with E-state index in [1.54, 1.807) is 32.0 Å². The van der Waals surface area contributed by atoms with Crippen LogP contribution in [0.1, 0.15) is 27.0 Å². The fourth-order valence-corrected chi connectivity index (χ4v) is 5.53. The SMILES string of the molecule is CC(C)OC(=O)[C@H](C)N[P@](=O)(OC[C@H]1O[C@@H](n2ccc(=O)[nH]c2=O)[C@@](Cl)(C#CCl)C1O)Oc1ccccc1. The minimum atomic E-state index is -4.30. The van der Waals surface area contributed by atoms with Crippen LogP contribution in [0.25, 0.3) is 0 Å². The largest absolute Gasteiger partial charge is 0.462 e. The molecule has 1 fully saturated rings. The Balaban J connectivity index is 1.86. The second kappa shape index (κ2) is 12.5. The monoisotopic (exact) mass is 589 g/mol. The number of H-pyrrole nitrogens is 1. The van der Waals surface area contributed by atoms with Gasteiger partial charge in [0.15, 0.2) is 11.1 Å². The van der Waals surface area contributed by atoms with Crippen molar-refractivity contribution in [1.82, 2.24) is 14.6 Å². The summed E-state index contributed by atoms with van der Waals surface area (Å²) in [6.45, 7) is 4.14. The number of carbonyl (C=O) groups excluding carboxylic acids is 1. The van der Waals surface area contributed by atoms with E-state index in [-0.39, 0.29) is 5.75 Å². The summed E-state index contributed by atoms with van der Waals surface area (Å²) in [7, 11) is -4.30. The Morgan fingerprint density at radius 3 is 2.58 bits per heavy atom. The van der Waals surface area contributed by atoms with Crippen molar-refractivity contribution in [1.29, 1.82) is 0 Å². The van der Waals surface area contributed by atoms with Crippen LogP contribution in [0, 0.1) is 11.3 Å². The average molecular weight is 590 g/mol. The summed E-state index contributed by atoms with van der Waals surface area (Å²) in [5.41, 5.74) is -1.54. The van der Waals surface area contributed by atoms with Crippen LogP contribution < -0.4 is 20.9 Å². The number of aromatic nitrogens is 2. The maximum absolute atomic E-state index is 13.7. The minimum absolute atomic E-state index is 0.165. The first-order valence-corrected chi connectivity index (χ1v) is 13.6. The number of benzene rings is 1. The molecule has 206 valence electrons. The Morgan fingerprint density at radius 2 is 1.97 bits per heavy atom. The van der Waals surface area contributed by atoms with Gasteiger partial charge in [0.05, 0.1) is 12.7 Å². The lowest BCUT2D eigenvalue weighted by atomic mass is 9.99. The highest BCUT2D eigenvalue weighted by Crippen LogP contribution is 2.48. The molecule has 1 saturated heterocycles. The Labute approximate surface area is 227 Å². The Morgan fingerprint density at radius 1 is 1.29 bits per heavy atom. The third-order valence-corrected chi connectivity index (χ3v) is 7.47. The van der Waals surface area contributed by atoms with Gasteiger partial charge in [0.25, 0.3) is 5.56 Å². The number of para-hydroxylation sites is 1. The molecule has 1 unspecified atom stereocenters. The van der Waals surface area contributed by atoms with Crippen molar-refractivity contribution in [2.75, 3.05) is 6.61 Å². The smallest absolute Gasteiger partial charge is 0.459 e. The zero-order valence-corrected chi connectivity index (χ0v) is 22.9. The van der Waals surface area contributed by atoms with Crippen LogP contribution in [-0.2, 0) is 23.4 Å². The minimum Gasteiger partial charge on any atom is -0.462 e. The molecule has 0 spiro atoms. The van der Waals surface area contributed by atoms with Crippen LogP contribution in [-0.4, -0.2) is 56.5 Å². The molecule has 1 aliphatic heterocycles. The predicted octanol–water partition coefficient (Wildman–Crippen LogP) is 2.11. The van der Waals surface area contributed by atoms with Crippen LogP contribution in [0.3, 0.4) is 0 Å². The Bertz CT molecular complexity index is 1360. The number of aromatic amines is 1. The number of alkyl halides is 1. The number of hydrogen-bond acceptors (Lipinski definition) is 9. The van der Waals surface area contributed by atoms with Gasteiger partial charge in [-0.1, -0.05) is 35.7 Å². The summed E-state index contributed by atoms with van der Waals surface area (Å²) in [5.74, 6) is 1.88. The first kappa shape index (κ1) is 29.9. The fraction of sp³-hybridized carbons (Fsp3) is 0.435. The number of rotatable bonds is 10. The van der Waals surface area contributed by atoms with Crippen LogP contribution >= 0.6 is 30.9 Å². The van der Waals surface area contributed by atoms with Gasteiger partial charge in [-0.05, 0) is 44.5 Å². The predicted molar refractivity (Wildman–Crippen MR) is 138 cm³/mol. The summed E-state index contributed by atoms with van der Waals surface area (Å²) < 4.78 is 36.7. The number of aliphatic hydroxyl groups excluding tert-OH is 1. The Hall–Kier alpha value is -2.62. The summed E-state index contributed by atoms with van der Waals surface area (Å²) in [6.07, 6.45) is -3.65. The zero-order valence-electron chi connectivity index (χ0n) is 20.5. The third-order valence-electron chi connectivity index (χ3n) is 5.22. The van der Waals surface area contributed by atoms with E-state index < -0.39 is 67.0 Å². The van der Waals surface area contributed by atoms with Crippen molar-refractivity contribution in [3.63, 3.8) is 0 Å².